The first-order valence-electron chi connectivity index (χ1n) is 9.50. The highest BCUT2D eigenvalue weighted by Gasteiger charge is 2.13. The average molecular weight is 719 g/mol. The number of nitrogens with zero attached hydrogens (tertiary/aromatic N) is 1. The van der Waals surface area contributed by atoms with Crippen LogP contribution < -0.4 is 10.1 Å². The quantitative estimate of drug-likeness (QED) is 0.155. The zero-order chi connectivity index (χ0) is 24.8. The van der Waals surface area contributed by atoms with Crippen molar-refractivity contribution in [1.82, 2.24) is 0 Å². The number of nitrogens with one attached hydrogen (secondary N) is 1. The molecule has 0 saturated heterocycles. The molecule has 0 atom stereocenters. The van der Waals surface area contributed by atoms with E-state index in [0.29, 0.717) is 27.0 Å². The number of aromatic carboxylic acids is 1. The minimum atomic E-state index is -0.984. The van der Waals surface area contributed by atoms with Gasteiger partial charge in [0, 0.05) is 5.69 Å². The first kappa shape index (κ1) is 26.3. The largest absolute Gasteiger partial charge is 0.487 e. The number of amides is 1. The summed E-state index contributed by atoms with van der Waals surface area (Å²) in [5.41, 5.74) is 2.04. The van der Waals surface area contributed by atoms with Crippen LogP contribution in [0, 0.1) is 18.5 Å². The second-order valence-electron chi connectivity index (χ2n) is 6.86. The Morgan fingerprint density at radius 2 is 1.68 bits per heavy atom. The number of ether oxygens (including phenoxy) is 1. The number of nitriles is 1. The second kappa shape index (κ2) is 11.9. The maximum absolute atomic E-state index is 12.6. The molecule has 0 bridgehead atoms. The first-order valence-corrected chi connectivity index (χ1v) is 12.4. The number of halogens is 4. The number of carboxylic acid groups (broad SMARTS) is 1. The number of carboxylic acids is 1. The van der Waals surface area contributed by atoms with Crippen molar-refractivity contribution in [3.05, 3.63) is 94.0 Å². The van der Waals surface area contributed by atoms with Crippen molar-refractivity contribution in [2.24, 2.45) is 0 Å². The predicted octanol–water partition coefficient (Wildman–Crippen LogP) is 7.03. The Hall–Kier alpha value is -2.33. The molecule has 3 aromatic rings. The van der Waals surface area contributed by atoms with E-state index in [1.54, 1.807) is 36.4 Å². The van der Waals surface area contributed by atoms with Crippen LogP contribution in [0.4, 0.5) is 5.69 Å². The lowest BCUT2D eigenvalue weighted by Crippen LogP contribution is -2.13. The van der Waals surface area contributed by atoms with E-state index in [1.807, 2.05) is 6.07 Å². The van der Waals surface area contributed by atoms with Gasteiger partial charge in [0.05, 0.1) is 22.7 Å². The van der Waals surface area contributed by atoms with Crippen molar-refractivity contribution in [2.75, 3.05) is 5.32 Å². The van der Waals surface area contributed by atoms with Gasteiger partial charge in [-0.15, -0.1) is 0 Å². The first-order chi connectivity index (χ1) is 16.2. The highest BCUT2D eigenvalue weighted by atomic mass is 127. The SMILES string of the molecule is N#C/C(=C/c1cc(I)c(OCc2ccc(C(=O)O)cc2)c(I)c1)C(=O)Nc1ccc(Cl)c(Cl)c1. The lowest BCUT2D eigenvalue weighted by molar-refractivity contribution is -0.112. The Kier molecular flexibility index (Phi) is 9.18. The van der Waals surface area contributed by atoms with Crippen molar-refractivity contribution in [3.63, 3.8) is 0 Å². The average Bonchev–Trinajstić information content (AvgIpc) is 2.79. The van der Waals surface area contributed by atoms with Crippen LogP contribution in [0.1, 0.15) is 21.5 Å². The highest BCUT2D eigenvalue weighted by Crippen LogP contribution is 2.31. The summed E-state index contributed by atoms with van der Waals surface area (Å²) in [5, 5.41) is 21.8. The fraction of sp³-hybridized carbons (Fsp3) is 0.0417. The number of hydrogen-bond donors (Lipinski definition) is 2. The molecule has 10 heteroatoms. The fourth-order valence-corrected chi connectivity index (χ4v) is 5.21. The van der Waals surface area contributed by atoms with Crippen LogP contribution >= 0.6 is 68.4 Å². The summed E-state index contributed by atoms with van der Waals surface area (Å²) in [7, 11) is 0. The standard InChI is InChI=1S/C24H14Cl2I2N2O4/c25-18-6-5-17(10-19(18)26)30-23(31)16(11-29)7-14-8-20(27)22(21(28)9-14)34-12-13-1-3-15(4-2-13)24(32)33/h1-10H,12H2,(H,30,31)(H,32,33)/b16-7-. The van der Waals surface area contributed by atoms with Crippen LogP contribution in [0.25, 0.3) is 6.08 Å². The van der Waals surface area contributed by atoms with Gasteiger partial charge in [-0.25, -0.2) is 4.79 Å². The Balaban J connectivity index is 1.75. The summed E-state index contributed by atoms with van der Waals surface area (Å²) >= 11 is 16.1. The number of rotatable bonds is 7. The number of carbonyl (C=O) groups excluding carboxylic acids is 1. The number of carbonyl (C=O) groups is 2. The van der Waals surface area contributed by atoms with Crippen molar-refractivity contribution >= 4 is 92.0 Å². The van der Waals surface area contributed by atoms with Gasteiger partial charge in [-0.05, 0) is 105 Å². The van der Waals surface area contributed by atoms with Crippen molar-refractivity contribution in [1.29, 1.82) is 5.26 Å². The number of anilines is 1. The van der Waals surface area contributed by atoms with E-state index < -0.39 is 11.9 Å². The Labute approximate surface area is 232 Å². The zero-order valence-corrected chi connectivity index (χ0v) is 22.9. The maximum atomic E-state index is 12.6. The molecule has 0 fully saturated rings. The lowest BCUT2D eigenvalue weighted by Gasteiger charge is -2.12. The van der Waals surface area contributed by atoms with Gasteiger partial charge in [-0.3, -0.25) is 4.79 Å². The van der Waals surface area contributed by atoms with Gasteiger partial charge < -0.3 is 15.2 Å². The molecule has 34 heavy (non-hydrogen) atoms. The van der Waals surface area contributed by atoms with Crippen molar-refractivity contribution < 1.29 is 19.4 Å². The van der Waals surface area contributed by atoms with Crippen molar-refractivity contribution in [3.8, 4) is 11.8 Å². The molecule has 0 saturated carbocycles. The Morgan fingerprint density at radius 3 is 2.24 bits per heavy atom. The van der Waals surface area contributed by atoms with Crippen LogP contribution in [0.3, 0.4) is 0 Å². The van der Waals surface area contributed by atoms with Gasteiger partial charge in [0.25, 0.3) is 5.91 Å². The topological polar surface area (TPSA) is 99.4 Å². The van der Waals surface area contributed by atoms with Gasteiger partial charge in [-0.1, -0.05) is 35.3 Å². The molecule has 0 aliphatic heterocycles. The van der Waals surface area contributed by atoms with Crippen LogP contribution in [0.15, 0.2) is 60.2 Å². The molecule has 0 aromatic heterocycles. The molecular weight excluding hydrogens is 705 g/mol. The zero-order valence-electron chi connectivity index (χ0n) is 17.1. The third kappa shape index (κ3) is 6.85. The van der Waals surface area contributed by atoms with E-state index in [-0.39, 0.29) is 17.7 Å². The molecule has 0 unspecified atom stereocenters. The molecule has 3 rings (SSSR count). The van der Waals surface area contributed by atoms with Crippen LogP contribution in [0.2, 0.25) is 10.0 Å². The van der Waals surface area contributed by atoms with E-state index >= 15 is 0 Å². The molecule has 0 radical (unpaired) electrons. The molecule has 172 valence electrons. The summed E-state index contributed by atoms with van der Waals surface area (Å²) in [5.74, 6) is -0.905. The van der Waals surface area contributed by atoms with Gasteiger partial charge in [0.2, 0.25) is 0 Å². The van der Waals surface area contributed by atoms with E-state index in [4.69, 9.17) is 33.0 Å². The lowest BCUT2D eigenvalue weighted by atomic mass is 10.1. The summed E-state index contributed by atoms with van der Waals surface area (Å²) in [6.45, 7) is 0.261. The van der Waals surface area contributed by atoms with E-state index in [2.05, 4.69) is 50.5 Å². The van der Waals surface area contributed by atoms with Gasteiger partial charge in [-0.2, -0.15) is 5.26 Å². The smallest absolute Gasteiger partial charge is 0.335 e. The second-order valence-corrected chi connectivity index (χ2v) is 10.00. The summed E-state index contributed by atoms with van der Waals surface area (Å²) in [6, 6.07) is 16.6. The summed E-state index contributed by atoms with van der Waals surface area (Å²) in [6.07, 6.45) is 1.49. The van der Waals surface area contributed by atoms with Gasteiger partial charge in [0.1, 0.15) is 24.0 Å². The van der Waals surface area contributed by atoms with Crippen LogP contribution in [-0.4, -0.2) is 17.0 Å². The van der Waals surface area contributed by atoms with E-state index in [0.717, 1.165) is 12.7 Å². The number of benzene rings is 3. The Bertz CT molecular complexity index is 1310. The van der Waals surface area contributed by atoms with E-state index in [9.17, 15) is 14.9 Å². The highest BCUT2D eigenvalue weighted by molar-refractivity contribution is 14.1. The third-order valence-electron chi connectivity index (χ3n) is 4.46. The molecule has 0 aliphatic carbocycles. The van der Waals surface area contributed by atoms with Gasteiger partial charge >= 0.3 is 5.97 Å². The maximum Gasteiger partial charge on any atom is 0.335 e. The van der Waals surface area contributed by atoms with Crippen LogP contribution in [0.5, 0.6) is 5.75 Å². The van der Waals surface area contributed by atoms with Crippen molar-refractivity contribution in [2.45, 2.75) is 6.61 Å². The molecular formula is C24H14Cl2I2N2O4. The molecule has 0 aliphatic rings. The monoisotopic (exact) mass is 718 g/mol. The summed E-state index contributed by atoms with van der Waals surface area (Å²) < 4.78 is 7.52. The molecule has 0 spiro atoms. The summed E-state index contributed by atoms with van der Waals surface area (Å²) in [4.78, 5) is 23.5. The minimum Gasteiger partial charge on any atom is -0.487 e. The number of hydrogen-bond acceptors (Lipinski definition) is 4. The molecule has 6 nitrogen and oxygen atoms in total. The molecule has 3 aromatic carbocycles. The van der Waals surface area contributed by atoms with Crippen LogP contribution in [-0.2, 0) is 11.4 Å². The van der Waals surface area contributed by atoms with E-state index in [1.165, 1.54) is 24.3 Å². The molecule has 0 heterocycles. The minimum absolute atomic E-state index is 0.0788. The Morgan fingerprint density at radius 1 is 1.03 bits per heavy atom. The van der Waals surface area contributed by atoms with Gasteiger partial charge in [0.15, 0.2) is 0 Å². The normalized spacial score (nSPS) is 11.0. The third-order valence-corrected chi connectivity index (χ3v) is 6.80. The predicted molar refractivity (Wildman–Crippen MR) is 148 cm³/mol. The molecule has 1 amide bonds. The molecule has 2 N–H and O–H groups in total. The fourth-order valence-electron chi connectivity index (χ4n) is 2.79.